The Morgan fingerprint density at radius 1 is 1.08 bits per heavy atom. The van der Waals surface area contributed by atoms with Gasteiger partial charge in [-0.25, -0.2) is 0 Å². The summed E-state index contributed by atoms with van der Waals surface area (Å²) in [6.45, 7) is 3.45. The predicted molar refractivity (Wildman–Crippen MR) is 91.8 cm³/mol. The lowest BCUT2D eigenvalue weighted by atomic mass is 10.1. The maximum atomic E-state index is 12.1. The lowest BCUT2D eigenvalue weighted by Crippen LogP contribution is -2.30. The molecule has 0 fully saturated rings. The third-order valence-corrected chi connectivity index (χ3v) is 3.52. The molecule has 3 rings (SSSR count). The van der Waals surface area contributed by atoms with E-state index in [0.717, 1.165) is 11.1 Å². The number of nitrogens with one attached hydrogen (secondary N) is 1. The van der Waals surface area contributed by atoms with Crippen molar-refractivity contribution in [2.75, 3.05) is 5.32 Å². The quantitative estimate of drug-likeness (QED) is 0.769. The minimum absolute atomic E-state index is 0.282. The van der Waals surface area contributed by atoms with Gasteiger partial charge in [-0.15, -0.1) is 0 Å². The first-order chi connectivity index (χ1) is 11.6. The fraction of sp³-hybridized carbons (Fsp3) is 0.158. The van der Waals surface area contributed by atoms with Crippen LogP contribution in [0.1, 0.15) is 12.7 Å². The summed E-state index contributed by atoms with van der Waals surface area (Å²) in [7, 11) is 0. The van der Waals surface area contributed by atoms with E-state index in [1.807, 2.05) is 54.6 Å². The van der Waals surface area contributed by atoms with Crippen LogP contribution in [-0.4, -0.2) is 17.2 Å². The lowest BCUT2D eigenvalue weighted by molar-refractivity contribution is -0.122. The van der Waals surface area contributed by atoms with E-state index in [-0.39, 0.29) is 5.91 Å². The Hall–Kier alpha value is -3.08. The van der Waals surface area contributed by atoms with Crippen molar-refractivity contribution in [3.05, 3.63) is 66.4 Å². The second kappa shape index (κ2) is 7.00. The zero-order valence-corrected chi connectivity index (χ0v) is 13.5. The summed E-state index contributed by atoms with van der Waals surface area (Å²) >= 11 is 0. The summed E-state index contributed by atoms with van der Waals surface area (Å²) in [5.41, 5.74) is 2.23. The zero-order valence-electron chi connectivity index (χ0n) is 13.5. The van der Waals surface area contributed by atoms with Crippen LogP contribution in [0, 0.1) is 6.92 Å². The molecule has 0 bridgehead atoms. The molecule has 0 saturated carbocycles. The molecule has 1 amide bonds. The molecule has 0 aliphatic carbocycles. The van der Waals surface area contributed by atoms with Gasteiger partial charge in [0.15, 0.2) is 11.9 Å². The number of hydrogen-bond donors (Lipinski definition) is 1. The number of carbonyl (C=O) groups is 1. The Morgan fingerprint density at radius 2 is 1.75 bits per heavy atom. The van der Waals surface area contributed by atoms with Crippen molar-refractivity contribution in [1.29, 1.82) is 0 Å². The number of amides is 1. The molecule has 0 aliphatic rings. The number of ether oxygens (including phenoxy) is 1. The Bertz CT molecular complexity index is 810. The molecule has 1 atom stereocenters. The SMILES string of the molecule is Cc1cc(NC(=O)C(C)Oc2ccc(-c3ccccc3)cc2)no1. The number of anilines is 1. The molecule has 1 heterocycles. The molecule has 0 radical (unpaired) electrons. The molecule has 0 saturated heterocycles. The van der Waals surface area contributed by atoms with E-state index in [0.29, 0.717) is 17.3 Å². The van der Waals surface area contributed by atoms with Crippen LogP contribution >= 0.6 is 0 Å². The van der Waals surface area contributed by atoms with Gasteiger partial charge in [0.25, 0.3) is 5.91 Å². The van der Waals surface area contributed by atoms with Gasteiger partial charge in [0.05, 0.1) is 0 Å². The largest absolute Gasteiger partial charge is 0.481 e. The first-order valence-corrected chi connectivity index (χ1v) is 7.68. The maximum Gasteiger partial charge on any atom is 0.266 e. The van der Waals surface area contributed by atoms with Gasteiger partial charge >= 0.3 is 0 Å². The number of aryl methyl sites for hydroxylation is 1. The summed E-state index contributed by atoms with van der Waals surface area (Å²) in [5.74, 6) is 1.37. The van der Waals surface area contributed by atoms with Gasteiger partial charge in [-0.05, 0) is 37.1 Å². The van der Waals surface area contributed by atoms with Crippen LogP contribution in [-0.2, 0) is 4.79 Å². The van der Waals surface area contributed by atoms with E-state index in [9.17, 15) is 4.79 Å². The van der Waals surface area contributed by atoms with E-state index in [4.69, 9.17) is 9.26 Å². The van der Waals surface area contributed by atoms with Gasteiger partial charge in [-0.1, -0.05) is 47.6 Å². The highest BCUT2D eigenvalue weighted by atomic mass is 16.5. The van der Waals surface area contributed by atoms with Crippen LogP contribution in [0.4, 0.5) is 5.82 Å². The van der Waals surface area contributed by atoms with Crippen molar-refractivity contribution in [1.82, 2.24) is 5.16 Å². The third-order valence-electron chi connectivity index (χ3n) is 3.52. The molecule has 5 heteroatoms. The second-order valence-electron chi connectivity index (χ2n) is 5.46. The highest BCUT2D eigenvalue weighted by Gasteiger charge is 2.16. The van der Waals surface area contributed by atoms with E-state index < -0.39 is 6.10 Å². The Kier molecular flexibility index (Phi) is 4.61. The molecule has 0 aliphatic heterocycles. The van der Waals surface area contributed by atoms with Crippen molar-refractivity contribution < 1.29 is 14.1 Å². The molecule has 1 N–H and O–H groups in total. The molecule has 0 spiro atoms. The summed E-state index contributed by atoms with van der Waals surface area (Å²) in [4.78, 5) is 12.1. The number of carbonyl (C=O) groups excluding carboxylic acids is 1. The van der Waals surface area contributed by atoms with Crippen molar-refractivity contribution in [3.63, 3.8) is 0 Å². The van der Waals surface area contributed by atoms with Crippen molar-refractivity contribution in [2.24, 2.45) is 0 Å². The Balaban J connectivity index is 1.62. The minimum atomic E-state index is -0.649. The first-order valence-electron chi connectivity index (χ1n) is 7.68. The number of rotatable bonds is 5. The first kappa shape index (κ1) is 15.8. The lowest BCUT2D eigenvalue weighted by Gasteiger charge is -2.14. The molecular weight excluding hydrogens is 304 g/mol. The number of nitrogens with zero attached hydrogens (tertiary/aromatic N) is 1. The standard InChI is InChI=1S/C19H18N2O3/c1-13-12-18(21-24-13)20-19(22)14(2)23-17-10-8-16(9-11-17)15-6-4-3-5-7-15/h3-12,14H,1-2H3,(H,20,21,22). The molecule has 24 heavy (non-hydrogen) atoms. The van der Waals surface area contributed by atoms with Gasteiger partial charge in [0, 0.05) is 6.07 Å². The summed E-state index contributed by atoms with van der Waals surface area (Å²) in [6.07, 6.45) is -0.649. The second-order valence-corrected chi connectivity index (χ2v) is 5.46. The highest BCUT2D eigenvalue weighted by Crippen LogP contribution is 2.22. The molecule has 2 aromatic carbocycles. The van der Waals surface area contributed by atoms with Crippen LogP contribution in [0.15, 0.2) is 65.2 Å². The molecule has 1 aromatic heterocycles. The van der Waals surface area contributed by atoms with Crippen molar-refractivity contribution >= 4 is 11.7 Å². The molecule has 5 nitrogen and oxygen atoms in total. The fourth-order valence-corrected chi connectivity index (χ4v) is 2.27. The smallest absolute Gasteiger partial charge is 0.266 e. The van der Waals surface area contributed by atoms with Crippen molar-refractivity contribution in [2.45, 2.75) is 20.0 Å². The van der Waals surface area contributed by atoms with Crippen LogP contribution in [0.25, 0.3) is 11.1 Å². The zero-order chi connectivity index (χ0) is 16.9. The van der Waals surface area contributed by atoms with Crippen LogP contribution in [0.5, 0.6) is 5.75 Å². The minimum Gasteiger partial charge on any atom is -0.481 e. The van der Waals surface area contributed by atoms with Crippen LogP contribution in [0.3, 0.4) is 0 Å². The Labute approximate surface area is 140 Å². The fourth-order valence-electron chi connectivity index (χ4n) is 2.27. The van der Waals surface area contributed by atoms with Crippen LogP contribution < -0.4 is 10.1 Å². The Morgan fingerprint density at radius 3 is 2.38 bits per heavy atom. The number of benzene rings is 2. The normalized spacial score (nSPS) is 11.8. The van der Waals surface area contributed by atoms with Gasteiger partial charge in [-0.3, -0.25) is 4.79 Å². The summed E-state index contributed by atoms with van der Waals surface area (Å²) in [5, 5.41) is 6.38. The van der Waals surface area contributed by atoms with Gasteiger partial charge in [0.2, 0.25) is 0 Å². The van der Waals surface area contributed by atoms with Crippen molar-refractivity contribution in [3.8, 4) is 16.9 Å². The average Bonchev–Trinajstić information content (AvgIpc) is 3.01. The van der Waals surface area contributed by atoms with Gasteiger partial charge < -0.3 is 14.6 Å². The van der Waals surface area contributed by atoms with E-state index in [2.05, 4.69) is 10.5 Å². The molecule has 122 valence electrons. The van der Waals surface area contributed by atoms with E-state index >= 15 is 0 Å². The third kappa shape index (κ3) is 3.81. The number of aromatic nitrogens is 1. The number of hydrogen-bond acceptors (Lipinski definition) is 4. The summed E-state index contributed by atoms with van der Waals surface area (Å²) < 4.78 is 10.6. The van der Waals surface area contributed by atoms with E-state index in [1.165, 1.54) is 0 Å². The molecule has 3 aromatic rings. The monoisotopic (exact) mass is 322 g/mol. The maximum absolute atomic E-state index is 12.1. The van der Waals surface area contributed by atoms with Gasteiger partial charge in [0.1, 0.15) is 11.5 Å². The van der Waals surface area contributed by atoms with E-state index in [1.54, 1.807) is 19.9 Å². The topological polar surface area (TPSA) is 64.4 Å². The predicted octanol–water partition coefficient (Wildman–Crippen LogP) is 4.06. The van der Waals surface area contributed by atoms with Crippen LogP contribution in [0.2, 0.25) is 0 Å². The average molecular weight is 322 g/mol. The highest BCUT2D eigenvalue weighted by molar-refractivity contribution is 5.93. The molecular formula is C19H18N2O3. The molecule has 1 unspecified atom stereocenters. The summed E-state index contributed by atoms with van der Waals surface area (Å²) in [6, 6.07) is 19.4. The van der Waals surface area contributed by atoms with Gasteiger partial charge in [-0.2, -0.15) is 0 Å².